The normalized spacial score (nSPS) is 24.4. The second kappa shape index (κ2) is 8.53. The van der Waals surface area contributed by atoms with E-state index in [4.69, 9.17) is 9.47 Å². The maximum atomic E-state index is 12.8. The molecule has 2 atom stereocenters. The van der Waals surface area contributed by atoms with Crippen molar-refractivity contribution in [3.8, 4) is 11.5 Å². The van der Waals surface area contributed by atoms with Crippen molar-refractivity contribution < 1.29 is 14.3 Å². The first-order valence-corrected chi connectivity index (χ1v) is 10.5. The van der Waals surface area contributed by atoms with Crippen LogP contribution in [0.2, 0.25) is 0 Å². The van der Waals surface area contributed by atoms with E-state index in [1.54, 1.807) is 26.0 Å². The molecule has 0 aromatic heterocycles. The van der Waals surface area contributed by atoms with E-state index < -0.39 is 0 Å². The van der Waals surface area contributed by atoms with Gasteiger partial charge in [0, 0.05) is 37.0 Å². The van der Waals surface area contributed by atoms with Crippen molar-refractivity contribution in [1.29, 1.82) is 0 Å². The lowest BCUT2D eigenvalue weighted by Gasteiger charge is -2.30. The van der Waals surface area contributed by atoms with Gasteiger partial charge in [0.2, 0.25) is 5.91 Å². The first kappa shape index (κ1) is 19.4. The lowest BCUT2D eigenvalue weighted by Crippen LogP contribution is -2.39. The number of hydrogen-bond acceptors (Lipinski definition) is 5. The van der Waals surface area contributed by atoms with Gasteiger partial charge in [0.1, 0.15) is 0 Å². The minimum absolute atomic E-state index is 0.234. The van der Waals surface area contributed by atoms with Crippen LogP contribution in [0.15, 0.2) is 17.0 Å². The van der Waals surface area contributed by atoms with Gasteiger partial charge in [0.25, 0.3) is 0 Å². The van der Waals surface area contributed by atoms with Crippen LogP contribution < -0.4 is 14.8 Å². The van der Waals surface area contributed by atoms with Crippen LogP contribution in [0.25, 0.3) is 0 Å². The summed E-state index contributed by atoms with van der Waals surface area (Å²) in [5.41, 5.74) is 1.09. The van der Waals surface area contributed by atoms with Crippen molar-refractivity contribution in [2.75, 3.05) is 27.5 Å². The topological polar surface area (TPSA) is 50.8 Å². The summed E-state index contributed by atoms with van der Waals surface area (Å²) in [7, 11) is 5.18. The predicted molar refractivity (Wildman–Crippen MR) is 105 cm³/mol. The van der Waals surface area contributed by atoms with Crippen LogP contribution >= 0.6 is 11.8 Å². The average molecular weight is 379 g/mol. The number of ether oxygens (including phenoxy) is 2. The molecule has 2 heterocycles. The zero-order valence-electron chi connectivity index (χ0n) is 16.2. The Balaban J connectivity index is 1.65. The molecule has 0 saturated carbocycles. The third kappa shape index (κ3) is 4.29. The molecule has 1 aromatic rings. The van der Waals surface area contributed by atoms with Gasteiger partial charge in [-0.3, -0.25) is 4.79 Å². The molecule has 5 nitrogen and oxygen atoms in total. The summed E-state index contributed by atoms with van der Waals surface area (Å²) in [6.07, 6.45) is 7.53. The molecule has 2 aliphatic rings. The summed E-state index contributed by atoms with van der Waals surface area (Å²) < 4.78 is 10.8. The number of nitrogens with zero attached hydrogens (tertiary/aromatic N) is 1. The average Bonchev–Trinajstić information content (AvgIpc) is 2.99. The van der Waals surface area contributed by atoms with Gasteiger partial charge in [-0.2, -0.15) is 0 Å². The Hall–Kier alpha value is -1.40. The first-order valence-electron chi connectivity index (χ1n) is 9.33. The molecule has 2 fully saturated rings. The fourth-order valence-electron chi connectivity index (χ4n) is 4.30. The molecule has 2 unspecified atom stereocenters. The number of methoxy groups -OCH3 is 2. The van der Waals surface area contributed by atoms with E-state index >= 15 is 0 Å². The third-order valence-electron chi connectivity index (χ3n) is 5.65. The van der Waals surface area contributed by atoms with Gasteiger partial charge in [-0.15, -0.1) is 11.8 Å². The van der Waals surface area contributed by atoms with Crippen molar-refractivity contribution in [3.63, 3.8) is 0 Å². The number of carbonyl (C=O) groups excluding carboxylic acids is 1. The van der Waals surface area contributed by atoms with Gasteiger partial charge in [-0.25, -0.2) is 0 Å². The van der Waals surface area contributed by atoms with Crippen LogP contribution in [-0.4, -0.2) is 50.4 Å². The fourth-order valence-corrected chi connectivity index (χ4v) is 4.91. The summed E-state index contributed by atoms with van der Waals surface area (Å²) in [4.78, 5) is 15.7. The highest BCUT2D eigenvalue weighted by atomic mass is 32.2. The lowest BCUT2D eigenvalue weighted by molar-refractivity contribution is -0.131. The largest absolute Gasteiger partial charge is 0.493 e. The van der Waals surface area contributed by atoms with Crippen LogP contribution in [0.3, 0.4) is 0 Å². The Kier molecular flexibility index (Phi) is 6.35. The molecular weight excluding hydrogens is 348 g/mol. The van der Waals surface area contributed by atoms with E-state index in [0.717, 1.165) is 29.1 Å². The molecule has 26 heavy (non-hydrogen) atoms. The second-order valence-corrected chi connectivity index (χ2v) is 8.30. The van der Waals surface area contributed by atoms with Gasteiger partial charge in [-0.05, 0) is 55.6 Å². The molecule has 1 N–H and O–H groups in total. The summed E-state index contributed by atoms with van der Waals surface area (Å²) in [5, 5.41) is 3.65. The minimum atomic E-state index is 0.234. The number of nitrogens with one attached hydrogen (secondary N) is 1. The standard InChI is InChI=1S/C20H30N2O3S/c1-22(20(23)9-13-7-15-5-6-16(8-13)21-15)12-14-10-17(24-2)18(25-3)11-19(14)26-4/h10-11,13,15-16,21H,5-9,12H2,1-4H3. The van der Waals surface area contributed by atoms with Crippen molar-refractivity contribution in [2.45, 2.75) is 55.6 Å². The monoisotopic (exact) mass is 378 g/mol. The smallest absolute Gasteiger partial charge is 0.222 e. The van der Waals surface area contributed by atoms with Crippen LogP contribution in [0.4, 0.5) is 0 Å². The molecule has 1 amide bonds. The fraction of sp³-hybridized carbons (Fsp3) is 0.650. The SMILES string of the molecule is COc1cc(CN(C)C(=O)CC2CC3CCC(C2)N3)c(SC)cc1OC. The minimum Gasteiger partial charge on any atom is -0.493 e. The van der Waals surface area contributed by atoms with E-state index in [2.05, 4.69) is 5.32 Å². The molecule has 2 aliphatic heterocycles. The molecule has 144 valence electrons. The Morgan fingerprint density at radius 1 is 1.19 bits per heavy atom. The first-order chi connectivity index (χ1) is 12.5. The summed E-state index contributed by atoms with van der Waals surface area (Å²) >= 11 is 1.66. The number of carbonyl (C=O) groups is 1. The van der Waals surface area contributed by atoms with E-state index in [1.165, 1.54) is 12.8 Å². The lowest BCUT2D eigenvalue weighted by atomic mass is 9.89. The molecule has 2 saturated heterocycles. The highest BCUT2D eigenvalue weighted by molar-refractivity contribution is 7.98. The van der Waals surface area contributed by atoms with Gasteiger partial charge in [0.15, 0.2) is 11.5 Å². The van der Waals surface area contributed by atoms with Crippen LogP contribution in [-0.2, 0) is 11.3 Å². The highest BCUT2D eigenvalue weighted by Crippen LogP contribution is 2.36. The maximum Gasteiger partial charge on any atom is 0.222 e. The predicted octanol–water partition coefficient (Wildman–Crippen LogP) is 3.30. The summed E-state index contributed by atoms with van der Waals surface area (Å²) in [6, 6.07) is 5.23. The van der Waals surface area contributed by atoms with E-state index in [9.17, 15) is 4.79 Å². The van der Waals surface area contributed by atoms with E-state index in [1.807, 2.05) is 30.3 Å². The number of piperidine rings is 1. The molecule has 0 radical (unpaired) electrons. The van der Waals surface area contributed by atoms with Crippen molar-refractivity contribution in [3.05, 3.63) is 17.7 Å². The van der Waals surface area contributed by atoms with Gasteiger partial charge < -0.3 is 19.7 Å². The Labute approximate surface area is 160 Å². The molecular formula is C20H30N2O3S. The van der Waals surface area contributed by atoms with Crippen LogP contribution in [0.5, 0.6) is 11.5 Å². The zero-order valence-corrected chi connectivity index (χ0v) is 17.0. The van der Waals surface area contributed by atoms with Crippen molar-refractivity contribution in [2.24, 2.45) is 5.92 Å². The molecule has 2 bridgehead atoms. The number of amides is 1. The number of thioether (sulfide) groups is 1. The quantitative estimate of drug-likeness (QED) is 0.738. The summed E-state index contributed by atoms with van der Waals surface area (Å²) in [5.74, 6) is 2.18. The van der Waals surface area contributed by atoms with Gasteiger partial charge in [-0.1, -0.05) is 0 Å². The molecule has 3 rings (SSSR count). The molecule has 6 heteroatoms. The van der Waals surface area contributed by atoms with Crippen LogP contribution in [0.1, 0.15) is 37.7 Å². The second-order valence-electron chi connectivity index (χ2n) is 7.45. The molecule has 0 aliphatic carbocycles. The van der Waals surface area contributed by atoms with E-state index in [-0.39, 0.29) is 5.91 Å². The highest BCUT2D eigenvalue weighted by Gasteiger charge is 2.34. The summed E-state index contributed by atoms with van der Waals surface area (Å²) in [6.45, 7) is 0.590. The van der Waals surface area contributed by atoms with Crippen molar-refractivity contribution >= 4 is 17.7 Å². The number of benzene rings is 1. The molecule has 1 aromatic carbocycles. The van der Waals surface area contributed by atoms with Crippen LogP contribution in [0, 0.1) is 5.92 Å². The number of rotatable bonds is 7. The Morgan fingerprint density at radius 2 is 1.81 bits per heavy atom. The van der Waals surface area contributed by atoms with Gasteiger partial charge in [0.05, 0.1) is 14.2 Å². The Bertz CT molecular complexity index is 640. The number of hydrogen-bond donors (Lipinski definition) is 1. The Morgan fingerprint density at radius 3 is 2.38 bits per heavy atom. The zero-order chi connectivity index (χ0) is 18.7. The number of fused-ring (bicyclic) bond motifs is 2. The van der Waals surface area contributed by atoms with Gasteiger partial charge >= 0.3 is 0 Å². The third-order valence-corrected chi connectivity index (χ3v) is 6.47. The maximum absolute atomic E-state index is 12.8. The van der Waals surface area contributed by atoms with E-state index in [0.29, 0.717) is 36.7 Å². The van der Waals surface area contributed by atoms with Crippen molar-refractivity contribution in [1.82, 2.24) is 10.2 Å². The molecule has 0 spiro atoms.